The summed E-state index contributed by atoms with van der Waals surface area (Å²) in [5, 5.41) is 3.19. The van der Waals surface area contributed by atoms with Crippen molar-refractivity contribution in [1.82, 2.24) is 9.38 Å². The van der Waals surface area contributed by atoms with Gasteiger partial charge in [-0.1, -0.05) is 6.07 Å². The first kappa shape index (κ1) is 13.3. The molecule has 0 aliphatic rings. The van der Waals surface area contributed by atoms with Crippen molar-refractivity contribution in [2.24, 2.45) is 5.18 Å². The van der Waals surface area contributed by atoms with Gasteiger partial charge in [0, 0.05) is 11.3 Å². The molecule has 0 aliphatic heterocycles. The molecule has 5 heteroatoms. The van der Waals surface area contributed by atoms with Gasteiger partial charge in [-0.05, 0) is 54.9 Å². The first-order valence-corrected chi connectivity index (χ1v) is 6.62. The van der Waals surface area contributed by atoms with Gasteiger partial charge in [-0.2, -0.15) is 0 Å². The van der Waals surface area contributed by atoms with E-state index >= 15 is 0 Å². The largest absolute Gasteiger partial charge is 0.496 e. The van der Waals surface area contributed by atoms with Gasteiger partial charge in [0.15, 0.2) is 0 Å². The van der Waals surface area contributed by atoms with E-state index in [4.69, 9.17) is 4.74 Å². The number of nitrogens with zero attached hydrogens (tertiary/aromatic N) is 3. The molecular formula is C16H15N3O2. The van der Waals surface area contributed by atoms with Crippen LogP contribution in [0.1, 0.15) is 11.3 Å². The molecule has 0 atom stereocenters. The predicted molar refractivity (Wildman–Crippen MR) is 82.1 cm³/mol. The van der Waals surface area contributed by atoms with Crippen LogP contribution in [0.25, 0.3) is 16.9 Å². The molecule has 0 N–H and O–H groups in total. The van der Waals surface area contributed by atoms with Crippen LogP contribution in [0, 0.1) is 18.8 Å². The minimum absolute atomic E-state index is 0.327. The van der Waals surface area contributed by atoms with Crippen molar-refractivity contribution in [3.8, 4) is 17.0 Å². The zero-order valence-electron chi connectivity index (χ0n) is 12.1. The molecule has 0 aliphatic carbocycles. The molecule has 2 aromatic heterocycles. The molecular weight excluding hydrogens is 266 g/mol. The van der Waals surface area contributed by atoms with E-state index in [0.29, 0.717) is 17.2 Å². The van der Waals surface area contributed by atoms with Gasteiger partial charge in [0.1, 0.15) is 17.1 Å². The topological polar surface area (TPSA) is 56.0 Å². The maximum Gasteiger partial charge on any atom is 0.209 e. The van der Waals surface area contributed by atoms with Gasteiger partial charge >= 0.3 is 0 Å². The molecule has 0 unspecified atom stereocenters. The van der Waals surface area contributed by atoms with Gasteiger partial charge in [-0.25, -0.2) is 4.98 Å². The summed E-state index contributed by atoms with van der Waals surface area (Å²) in [7, 11) is 1.63. The average molecular weight is 281 g/mol. The van der Waals surface area contributed by atoms with Gasteiger partial charge in [0.2, 0.25) is 5.82 Å². The van der Waals surface area contributed by atoms with Crippen LogP contribution in [-0.4, -0.2) is 16.5 Å². The number of benzene rings is 1. The van der Waals surface area contributed by atoms with Crippen molar-refractivity contribution in [1.29, 1.82) is 0 Å². The lowest BCUT2D eigenvalue weighted by molar-refractivity contribution is 0.412. The molecule has 2 heterocycles. The second-order valence-corrected chi connectivity index (χ2v) is 4.92. The SMILES string of the molecule is COc1ccc(-c2nc3cccc(C)n3c2N=O)cc1C. The number of rotatable bonds is 3. The smallest absolute Gasteiger partial charge is 0.209 e. The molecule has 3 aromatic rings. The molecule has 0 spiro atoms. The fraction of sp³-hybridized carbons (Fsp3) is 0.188. The van der Waals surface area contributed by atoms with E-state index in [-0.39, 0.29) is 0 Å². The normalized spacial score (nSPS) is 10.8. The first-order valence-electron chi connectivity index (χ1n) is 6.62. The summed E-state index contributed by atoms with van der Waals surface area (Å²) in [4.78, 5) is 15.8. The molecule has 1 aromatic carbocycles. The Kier molecular flexibility index (Phi) is 3.17. The zero-order chi connectivity index (χ0) is 15.0. The summed E-state index contributed by atoms with van der Waals surface area (Å²) in [6.07, 6.45) is 0. The Morgan fingerprint density at radius 2 is 2.00 bits per heavy atom. The van der Waals surface area contributed by atoms with Crippen molar-refractivity contribution < 1.29 is 4.74 Å². The highest BCUT2D eigenvalue weighted by Crippen LogP contribution is 2.33. The minimum atomic E-state index is 0.327. The molecule has 3 rings (SSSR count). The average Bonchev–Trinajstić information content (AvgIpc) is 2.87. The third-order valence-corrected chi connectivity index (χ3v) is 3.57. The summed E-state index contributed by atoms with van der Waals surface area (Å²) in [6, 6.07) is 11.4. The van der Waals surface area contributed by atoms with Crippen LogP contribution < -0.4 is 4.74 Å². The maximum absolute atomic E-state index is 11.3. The van der Waals surface area contributed by atoms with Crippen molar-refractivity contribution in [3.05, 3.63) is 52.6 Å². The first-order chi connectivity index (χ1) is 10.2. The summed E-state index contributed by atoms with van der Waals surface area (Å²) in [6.45, 7) is 3.88. The van der Waals surface area contributed by atoms with Crippen molar-refractivity contribution in [3.63, 3.8) is 0 Å². The molecule has 0 saturated heterocycles. The van der Waals surface area contributed by atoms with Crippen molar-refractivity contribution >= 4 is 11.5 Å². The monoisotopic (exact) mass is 281 g/mol. The predicted octanol–water partition coefficient (Wildman–Crippen LogP) is 4.02. The Hall–Kier alpha value is -2.69. The highest BCUT2D eigenvalue weighted by Gasteiger charge is 2.16. The van der Waals surface area contributed by atoms with E-state index in [2.05, 4.69) is 10.2 Å². The quantitative estimate of drug-likeness (QED) is 0.681. The van der Waals surface area contributed by atoms with Gasteiger partial charge in [0.25, 0.3) is 0 Å². The number of fused-ring (bicyclic) bond motifs is 1. The number of hydrogen-bond acceptors (Lipinski definition) is 4. The summed E-state index contributed by atoms with van der Waals surface area (Å²) in [5.74, 6) is 1.13. The van der Waals surface area contributed by atoms with Crippen LogP contribution in [0.4, 0.5) is 5.82 Å². The van der Waals surface area contributed by atoms with Crippen LogP contribution in [0.5, 0.6) is 5.75 Å². The summed E-state index contributed by atoms with van der Waals surface area (Å²) < 4.78 is 7.03. The molecule has 0 saturated carbocycles. The number of methoxy groups -OCH3 is 1. The third kappa shape index (κ3) is 2.07. The van der Waals surface area contributed by atoms with Crippen LogP contribution in [0.2, 0.25) is 0 Å². The molecule has 0 amide bonds. The van der Waals surface area contributed by atoms with Gasteiger partial charge in [-0.15, -0.1) is 4.91 Å². The van der Waals surface area contributed by atoms with E-state index in [1.54, 1.807) is 11.5 Å². The standard InChI is InChI=1S/C16H15N3O2/c1-10-9-12(7-8-13(10)21-3)15-16(18-20)19-11(2)5-4-6-14(19)17-15/h4-9H,1-3H3. The number of hydrogen-bond donors (Lipinski definition) is 0. The molecule has 0 radical (unpaired) electrons. The number of imidazole rings is 1. The third-order valence-electron chi connectivity index (χ3n) is 3.57. The zero-order valence-corrected chi connectivity index (χ0v) is 12.1. The van der Waals surface area contributed by atoms with E-state index in [1.807, 2.05) is 50.2 Å². The Morgan fingerprint density at radius 3 is 2.67 bits per heavy atom. The molecule has 21 heavy (non-hydrogen) atoms. The van der Waals surface area contributed by atoms with Gasteiger partial charge < -0.3 is 4.74 Å². The lowest BCUT2D eigenvalue weighted by Gasteiger charge is -2.06. The Bertz CT molecular complexity index is 837. The van der Waals surface area contributed by atoms with E-state index < -0.39 is 0 Å². The fourth-order valence-corrected chi connectivity index (χ4v) is 2.54. The number of aryl methyl sites for hydroxylation is 2. The molecule has 5 nitrogen and oxygen atoms in total. The lowest BCUT2D eigenvalue weighted by Crippen LogP contribution is -1.89. The van der Waals surface area contributed by atoms with Crippen LogP contribution >= 0.6 is 0 Å². The summed E-state index contributed by atoms with van der Waals surface area (Å²) in [5.41, 5.74) is 4.07. The highest BCUT2D eigenvalue weighted by molar-refractivity contribution is 5.75. The van der Waals surface area contributed by atoms with Crippen molar-refractivity contribution in [2.75, 3.05) is 7.11 Å². The Labute approximate surface area is 122 Å². The van der Waals surface area contributed by atoms with Crippen molar-refractivity contribution in [2.45, 2.75) is 13.8 Å². The van der Waals surface area contributed by atoms with E-state index in [0.717, 1.165) is 22.6 Å². The van der Waals surface area contributed by atoms with Gasteiger partial charge in [0.05, 0.1) is 7.11 Å². The number of pyridine rings is 1. The maximum atomic E-state index is 11.3. The Morgan fingerprint density at radius 1 is 1.19 bits per heavy atom. The van der Waals surface area contributed by atoms with E-state index in [1.165, 1.54) is 0 Å². The van der Waals surface area contributed by atoms with Crippen LogP contribution in [0.3, 0.4) is 0 Å². The second-order valence-electron chi connectivity index (χ2n) is 4.92. The van der Waals surface area contributed by atoms with Crippen LogP contribution in [-0.2, 0) is 0 Å². The number of ether oxygens (including phenoxy) is 1. The minimum Gasteiger partial charge on any atom is -0.496 e. The molecule has 0 fully saturated rings. The number of aromatic nitrogens is 2. The van der Waals surface area contributed by atoms with Gasteiger partial charge in [-0.3, -0.25) is 4.40 Å². The molecule has 106 valence electrons. The Balaban J connectivity index is 2.27. The van der Waals surface area contributed by atoms with Crippen LogP contribution in [0.15, 0.2) is 41.6 Å². The summed E-state index contributed by atoms with van der Waals surface area (Å²) >= 11 is 0. The second kappa shape index (κ2) is 5.01. The number of nitroso groups, excluding NO2 is 1. The lowest BCUT2D eigenvalue weighted by atomic mass is 10.1. The fourth-order valence-electron chi connectivity index (χ4n) is 2.54. The highest BCUT2D eigenvalue weighted by atomic mass is 16.5. The van der Waals surface area contributed by atoms with E-state index in [9.17, 15) is 4.91 Å². The molecule has 0 bridgehead atoms.